The highest BCUT2D eigenvalue weighted by Gasteiger charge is 2.22. The van der Waals surface area contributed by atoms with Crippen molar-refractivity contribution in [2.24, 2.45) is 0 Å². The molecular formula is C24H20FN3O4S2. The van der Waals surface area contributed by atoms with Crippen LogP contribution in [0.3, 0.4) is 0 Å². The summed E-state index contributed by atoms with van der Waals surface area (Å²) < 4.78 is 44.3. The number of benzene rings is 3. The van der Waals surface area contributed by atoms with Gasteiger partial charge in [0.25, 0.3) is 5.91 Å². The summed E-state index contributed by atoms with van der Waals surface area (Å²) >= 11 is 0.858. The number of nitrogens with one attached hydrogen (secondary N) is 1. The lowest BCUT2D eigenvalue weighted by molar-refractivity contribution is 0.102. The number of hydrogen-bond acceptors (Lipinski definition) is 7. The van der Waals surface area contributed by atoms with Crippen molar-refractivity contribution in [3.63, 3.8) is 0 Å². The Balaban J connectivity index is 1.43. The molecule has 10 heteroatoms. The van der Waals surface area contributed by atoms with Gasteiger partial charge in [-0.1, -0.05) is 35.4 Å². The van der Waals surface area contributed by atoms with Crippen molar-refractivity contribution in [3.05, 3.63) is 94.8 Å². The van der Waals surface area contributed by atoms with Gasteiger partial charge in [-0.3, -0.25) is 4.79 Å². The normalized spacial score (nSPS) is 11.3. The Labute approximate surface area is 200 Å². The van der Waals surface area contributed by atoms with Gasteiger partial charge in [-0.2, -0.15) is 0 Å². The molecule has 0 spiro atoms. The minimum atomic E-state index is -3.76. The van der Waals surface area contributed by atoms with Gasteiger partial charge in [-0.25, -0.2) is 12.8 Å². The maximum Gasteiger partial charge on any atom is 0.300 e. The summed E-state index contributed by atoms with van der Waals surface area (Å²) in [6.45, 7) is 3.79. The fraction of sp³-hybridized carbons (Fsp3) is 0.125. The van der Waals surface area contributed by atoms with Gasteiger partial charge in [0.15, 0.2) is 0 Å². The number of amides is 1. The first kappa shape index (κ1) is 23.5. The molecule has 1 amide bonds. The quantitative estimate of drug-likeness (QED) is 0.371. The number of carbonyl (C=O) groups is 1. The number of aryl methyl sites for hydroxylation is 2. The second kappa shape index (κ2) is 9.70. The fourth-order valence-electron chi connectivity index (χ4n) is 3.18. The number of sulfone groups is 1. The van der Waals surface area contributed by atoms with E-state index in [0.29, 0.717) is 22.6 Å². The summed E-state index contributed by atoms with van der Waals surface area (Å²) in [6.07, 6.45) is 0. The van der Waals surface area contributed by atoms with Crippen molar-refractivity contribution < 1.29 is 22.3 Å². The molecule has 0 saturated carbocycles. The zero-order chi connectivity index (χ0) is 24.3. The Morgan fingerprint density at radius 1 is 0.971 bits per heavy atom. The molecule has 0 bridgehead atoms. The molecule has 174 valence electrons. The second-order valence-corrected chi connectivity index (χ2v) is 10.7. The predicted molar refractivity (Wildman–Crippen MR) is 128 cm³/mol. The first-order valence-electron chi connectivity index (χ1n) is 10.2. The topological polar surface area (TPSA) is 98.2 Å². The molecule has 4 aromatic rings. The monoisotopic (exact) mass is 497 g/mol. The van der Waals surface area contributed by atoms with E-state index in [4.69, 9.17) is 4.74 Å². The van der Waals surface area contributed by atoms with E-state index in [-0.39, 0.29) is 15.3 Å². The lowest BCUT2D eigenvalue weighted by Crippen LogP contribution is -2.12. The van der Waals surface area contributed by atoms with Gasteiger partial charge in [0.1, 0.15) is 11.6 Å². The molecule has 0 atom stereocenters. The summed E-state index contributed by atoms with van der Waals surface area (Å²) in [5, 5.41) is 10.5. The maximum atomic E-state index is 13.0. The molecule has 7 nitrogen and oxygen atoms in total. The van der Waals surface area contributed by atoms with E-state index in [0.717, 1.165) is 22.5 Å². The van der Waals surface area contributed by atoms with Crippen LogP contribution in [-0.4, -0.2) is 24.5 Å². The third-order valence-corrected chi connectivity index (χ3v) is 7.86. The predicted octanol–water partition coefficient (Wildman–Crippen LogP) is 5.31. The molecule has 1 aromatic heterocycles. The molecule has 3 aromatic carbocycles. The number of aromatic nitrogens is 2. The molecular weight excluding hydrogens is 477 g/mol. The molecule has 0 unspecified atom stereocenters. The largest absolute Gasteiger partial charge is 0.429 e. The van der Waals surface area contributed by atoms with Gasteiger partial charge in [0.2, 0.25) is 14.2 Å². The molecule has 0 aliphatic heterocycles. The maximum absolute atomic E-state index is 13.0. The Morgan fingerprint density at radius 2 is 1.62 bits per heavy atom. The Bertz CT molecular complexity index is 1410. The average molecular weight is 498 g/mol. The second-order valence-electron chi connectivity index (χ2n) is 7.57. The molecule has 34 heavy (non-hydrogen) atoms. The first-order chi connectivity index (χ1) is 16.2. The fourth-order valence-corrected chi connectivity index (χ4v) is 5.44. The van der Waals surface area contributed by atoms with Crippen LogP contribution in [0, 0.1) is 19.7 Å². The summed E-state index contributed by atoms with van der Waals surface area (Å²) in [7, 11) is -3.76. The summed E-state index contributed by atoms with van der Waals surface area (Å²) in [6, 6.07) is 17.3. The number of para-hydroxylation sites is 1. The summed E-state index contributed by atoms with van der Waals surface area (Å²) in [5.74, 6) is -0.469. The highest BCUT2D eigenvalue weighted by molar-refractivity contribution is 7.92. The number of ether oxygens (including phenoxy) is 1. The van der Waals surface area contributed by atoms with Crippen LogP contribution in [-0.2, 0) is 15.6 Å². The highest BCUT2D eigenvalue weighted by atomic mass is 32.2. The first-order valence-corrected chi connectivity index (χ1v) is 12.6. The zero-order valence-corrected chi connectivity index (χ0v) is 19.9. The molecule has 1 N–H and O–H groups in total. The third-order valence-electron chi connectivity index (χ3n) is 4.93. The van der Waals surface area contributed by atoms with Crippen molar-refractivity contribution in [2.75, 3.05) is 5.32 Å². The average Bonchev–Trinajstić information content (AvgIpc) is 3.28. The number of anilines is 1. The minimum absolute atomic E-state index is 0.142. The van der Waals surface area contributed by atoms with Crippen LogP contribution < -0.4 is 10.1 Å². The van der Waals surface area contributed by atoms with Crippen LogP contribution in [0.4, 0.5) is 10.1 Å². The van der Waals surface area contributed by atoms with Crippen molar-refractivity contribution in [1.29, 1.82) is 0 Å². The van der Waals surface area contributed by atoms with Gasteiger partial charge >= 0.3 is 5.19 Å². The third kappa shape index (κ3) is 5.46. The van der Waals surface area contributed by atoms with Crippen LogP contribution in [0.25, 0.3) is 0 Å². The van der Waals surface area contributed by atoms with E-state index in [1.54, 1.807) is 12.1 Å². The van der Waals surface area contributed by atoms with Crippen LogP contribution in [0.15, 0.2) is 71.1 Å². The Morgan fingerprint density at radius 3 is 2.26 bits per heavy atom. The lowest BCUT2D eigenvalue weighted by atomic mass is 10.1. The highest BCUT2D eigenvalue weighted by Crippen LogP contribution is 2.32. The molecule has 0 radical (unpaired) electrons. The van der Waals surface area contributed by atoms with Gasteiger partial charge in [-0.15, -0.1) is 5.10 Å². The Hall–Kier alpha value is -3.63. The van der Waals surface area contributed by atoms with Crippen molar-refractivity contribution in [1.82, 2.24) is 10.2 Å². The Kier molecular flexibility index (Phi) is 6.71. The van der Waals surface area contributed by atoms with E-state index < -0.39 is 21.6 Å². The molecule has 1 heterocycles. The van der Waals surface area contributed by atoms with Crippen molar-refractivity contribution in [3.8, 4) is 10.9 Å². The number of rotatable bonds is 7. The van der Waals surface area contributed by atoms with Crippen molar-refractivity contribution >= 4 is 32.8 Å². The van der Waals surface area contributed by atoms with E-state index in [9.17, 15) is 17.6 Å². The molecule has 0 aliphatic carbocycles. The van der Waals surface area contributed by atoms with Gasteiger partial charge in [0.05, 0.1) is 5.75 Å². The summed E-state index contributed by atoms with van der Waals surface area (Å²) in [4.78, 5) is 12.4. The van der Waals surface area contributed by atoms with Gasteiger partial charge < -0.3 is 10.1 Å². The van der Waals surface area contributed by atoms with E-state index in [2.05, 4.69) is 15.5 Å². The molecule has 0 aliphatic rings. The smallest absolute Gasteiger partial charge is 0.300 e. The van der Waals surface area contributed by atoms with Crippen LogP contribution in [0.2, 0.25) is 0 Å². The van der Waals surface area contributed by atoms with Crippen LogP contribution >= 0.6 is 11.3 Å². The van der Waals surface area contributed by atoms with E-state index in [1.807, 2.05) is 32.0 Å². The summed E-state index contributed by atoms with van der Waals surface area (Å²) in [5.41, 5.74) is 3.09. The molecule has 0 saturated heterocycles. The number of halogens is 1. The number of carbonyl (C=O) groups excluding carboxylic acids is 1. The van der Waals surface area contributed by atoms with Gasteiger partial charge in [-0.05, 0) is 78.3 Å². The van der Waals surface area contributed by atoms with Crippen LogP contribution in [0.5, 0.6) is 10.9 Å². The van der Waals surface area contributed by atoms with Gasteiger partial charge in [0, 0.05) is 11.3 Å². The SMILES string of the molecule is Cc1cccc(C)c1Oc1nnc(S(=O)(=O)Cc2ccc(C(=O)Nc3ccc(F)cc3)cc2)s1. The molecule has 4 rings (SSSR count). The lowest BCUT2D eigenvalue weighted by Gasteiger charge is -2.08. The number of hydrogen-bond donors (Lipinski definition) is 1. The zero-order valence-electron chi connectivity index (χ0n) is 18.3. The standard InChI is InChI=1S/C24H20FN3O4S2/c1-15-4-3-5-16(2)21(15)32-23-27-28-24(33-23)34(30,31)14-17-6-8-18(9-7-17)22(29)26-20-12-10-19(25)11-13-20/h3-13H,14H2,1-2H3,(H,26,29). The minimum Gasteiger partial charge on any atom is -0.429 e. The molecule has 0 fully saturated rings. The van der Waals surface area contributed by atoms with E-state index in [1.165, 1.54) is 36.4 Å². The van der Waals surface area contributed by atoms with Crippen LogP contribution in [0.1, 0.15) is 27.0 Å². The van der Waals surface area contributed by atoms with Crippen molar-refractivity contribution in [2.45, 2.75) is 23.9 Å². The number of nitrogens with zero attached hydrogens (tertiary/aromatic N) is 2. The van der Waals surface area contributed by atoms with E-state index >= 15 is 0 Å².